The number of hydrogen-bond donors (Lipinski definition) is 0. The van der Waals surface area contributed by atoms with Gasteiger partial charge in [-0.05, 0) is 31.4 Å². The lowest BCUT2D eigenvalue weighted by Crippen LogP contribution is -1.89. The van der Waals surface area contributed by atoms with Crippen molar-refractivity contribution in [1.82, 2.24) is 4.98 Å². The van der Waals surface area contributed by atoms with Crippen LogP contribution in [0.4, 0.5) is 0 Å². The van der Waals surface area contributed by atoms with Crippen molar-refractivity contribution in [2.45, 2.75) is 41.0 Å². The molecule has 68 valence electrons. The van der Waals surface area contributed by atoms with Gasteiger partial charge in [-0.3, -0.25) is 4.98 Å². The molecule has 0 atom stereocenters. The van der Waals surface area contributed by atoms with Crippen LogP contribution in [0.5, 0.6) is 0 Å². The van der Waals surface area contributed by atoms with Gasteiger partial charge in [0.2, 0.25) is 0 Å². The average Bonchev–Trinajstić information content (AvgIpc) is 2.13. The van der Waals surface area contributed by atoms with Crippen molar-refractivity contribution in [3.05, 3.63) is 29.1 Å². The number of aromatic nitrogens is 1. The first-order valence-corrected chi connectivity index (χ1v) is 4.66. The largest absolute Gasteiger partial charge is 0.261 e. The Morgan fingerprint density at radius 2 is 1.83 bits per heavy atom. The van der Waals surface area contributed by atoms with E-state index in [4.69, 9.17) is 0 Å². The maximum atomic E-state index is 4.25. The molecule has 12 heavy (non-hydrogen) atoms. The third-order valence-electron chi connectivity index (χ3n) is 1.80. The second kappa shape index (κ2) is 5.76. The molecule has 1 aromatic rings. The second-order valence-corrected chi connectivity index (χ2v) is 2.60. The Balaban J connectivity index is 0.000000561. The lowest BCUT2D eigenvalue weighted by Gasteiger charge is -2.00. The third kappa shape index (κ3) is 3.04. The molecular weight excluding hydrogens is 146 g/mol. The summed E-state index contributed by atoms with van der Waals surface area (Å²) in [5.74, 6) is 0. The first kappa shape index (κ1) is 11.2. The Labute approximate surface area is 75.8 Å². The fourth-order valence-corrected chi connectivity index (χ4v) is 0.895. The number of pyridine rings is 1. The molecule has 0 amide bonds. The van der Waals surface area contributed by atoms with Crippen molar-refractivity contribution < 1.29 is 0 Å². The molecule has 0 bridgehead atoms. The molecule has 0 aromatic carbocycles. The van der Waals surface area contributed by atoms with Crippen LogP contribution in [-0.4, -0.2) is 4.98 Å². The SMILES string of the molecule is CC.CCc1cnc(C)c(C)c1. The standard InChI is InChI=1S/C9H13N.C2H6/c1-4-9-5-7(2)8(3)10-6-9;1-2/h5-6H,4H2,1-3H3;1-2H3. The minimum Gasteiger partial charge on any atom is -0.261 e. The van der Waals surface area contributed by atoms with Crippen LogP contribution in [0.15, 0.2) is 12.3 Å². The summed E-state index contributed by atoms with van der Waals surface area (Å²) in [6.45, 7) is 10.3. The summed E-state index contributed by atoms with van der Waals surface area (Å²) in [6, 6.07) is 2.20. The van der Waals surface area contributed by atoms with E-state index in [2.05, 4.69) is 24.9 Å². The molecule has 1 nitrogen and oxygen atoms in total. The van der Waals surface area contributed by atoms with Crippen molar-refractivity contribution in [1.29, 1.82) is 0 Å². The van der Waals surface area contributed by atoms with Crippen molar-refractivity contribution in [2.75, 3.05) is 0 Å². The van der Waals surface area contributed by atoms with Gasteiger partial charge in [0.1, 0.15) is 0 Å². The van der Waals surface area contributed by atoms with Crippen molar-refractivity contribution in [3.63, 3.8) is 0 Å². The van der Waals surface area contributed by atoms with Gasteiger partial charge in [0, 0.05) is 11.9 Å². The first-order valence-electron chi connectivity index (χ1n) is 4.66. The van der Waals surface area contributed by atoms with Crippen LogP contribution < -0.4 is 0 Å². The van der Waals surface area contributed by atoms with E-state index in [1.54, 1.807) is 0 Å². The summed E-state index contributed by atoms with van der Waals surface area (Å²) in [7, 11) is 0. The predicted molar refractivity (Wildman–Crippen MR) is 54.4 cm³/mol. The predicted octanol–water partition coefficient (Wildman–Crippen LogP) is 3.29. The molecule has 0 unspecified atom stereocenters. The topological polar surface area (TPSA) is 12.9 Å². The molecule has 0 spiro atoms. The summed E-state index contributed by atoms with van der Waals surface area (Å²) in [5, 5.41) is 0. The van der Waals surface area contributed by atoms with E-state index in [0.29, 0.717) is 0 Å². The highest BCUT2D eigenvalue weighted by Crippen LogP contribution is 2.05. The first-order chi connectivity index (χ1) is 5.74. The monoisotopic (exact) mass is 165 g/mol. The third-order valence-corrected chi connectivity index (χ3v) is 1.80. The van der Waals surface area contributed by atoms with Crippen LogP contribution >= 0.6 is 0 Å². The van der Waals surface area contributed by atoms with Gasteiger partial charge in [0.15, 0.2) is 0 Å². The molecule has 0 saturated carbocycles. The average molecular weight is 165 g/mol. The van der Waals surface area contributed by atoms with Gasteiger partial charge in [-0.2, -0.15) is 0 Å². The van der Waals surface area contributed by atoms with E-state index >= 15 is 0 Å². The molecule has 0 saturated heterocycles. The van der Waals surface area contributed by atoms with Gasteiger partial charge >= 0.3 is 0 Å². The maximum absolute atomic E-state index is 4.25. The lowest BCUT2D eigenvalue weighted by molar-refractivity contribution is 1.05. The van der Waals surface area contributed by atoms with Crippen LogP contribution in [-0.2, 0) is 6.42 Å². The molecule has 1 heterocycles. The molecule has 0 radical (unpaired) electrons. The Bertz CT molecular complexity index is 228. The zero-order valence-electron chi connectivity index (χ0n) is 8.81. The van der Waals surface area contributed by atoms with Gasteiger partial charge in [-0.1, -0.05) is 26.8 Å². The number of rotatable bonds is 1. The highest BCUT2D eigenvalue weighted by molar-refractivity contribution is 5.22. The Hall–Kier alpha value is -0.850. The Morgan fingerprint density at radius 3 is 2.25 bits per heavy atom. The van der Waals surface area contributed by atoms with Gasteiger partial charge < -0.3 is 0 Å². The van der Waals surface area contributed by atoms with Crippen LogP contribution in [0.1, 0.15) is 37.6 Å². The normalized spacial score (nSPS) is 8.75. The smallest absolute Gasteiger partial charge is 0.0401 e. The van der Waals surface area contributed by atoms with Crippen LogP contribution in [0, 0.1) is 13.8 Å². The summed E-state index contributed by atoms with van der Waals surface area (Å²) < 4.78 is 0. The van der Waals surface area contributed by atoms with Gasteiger partial charge in [0.05, 0.1) is 0 Å². The fraction of sp³-hybridized carbons (Fsp3) is 0.545. The molecule has 0 N–H and O–H groups in total. The number of aryl methyl sites for hydroxylation is 3. The van der Waals surface area contributed by atoms with Gasteiger partial charge in [0.25, 0.3) is 0 Å². The summed E-state index contributed by atoms with van der Waals surface area (Å²) in [4.78, 5) is 4.25. The highest BCUT2D eigenvalue weighted by atomic mass is 14.7. The zero-order chi connectivity index (χ0) is 9.56. The molecule has 0 fully saturated rings. The van der Waals surface area contributed by atoms with Crippen molar-refractivity contribution in [2.24, 2.45) is 0 Å². The van der Waals surface area contributed by atoms with Gasteiger partial charge in [-0.25, -0.2) is 0 Å². The van der Waals surface area contributed by atoms with Crippen molar-refractivity contribution >= 4 is 0 Å². The lowest BCUT2D eigenvalue weighted by atomic mass is 10.1. The zero-order valence-corrected chi connectivity index (χ0v) is 8.81. The Morgan fingerprint density at radius 1 is 1.25 bits per heavy atom. The van der Waals surface area contributed by atoms with Crippen LogP contribution in [0.3, 0.4) is 0 Å². The van der Waals surface area contributed by atoms with Crippen molar-refractivity contribution in [3.8, 4) is 0 Å². The molecular formula is C11H19N. The molecule has 1 rings (SSSR count). The van der Waals surface area contributed by atoms with E-state index in [-0.39, 0.29) is 0 Å². The highest BCUT2D eigenvalue weighted by Gasteiger charge is 1.93. The fourth-order valence-electron chi connectivity index (χ4n) is 0.895. The minimum atomic E-state index is 1.08. The molecule has 0 aliphatic carbocycles. The van der Waals surface area contributed by atoms with E-state index in [9.17, 15) is 0 Å². The van der Waals surface area contributed by atoms with E-state index < -0.39 is 0 Å². The Kier molecular flexibility index (Phi) is 5.35. The minimum absolute atomic E-state index is 1.08. The number of nitrogens with zero attached hydrogens (tertiary/aromatic N) is 1. The van der Waals surface area contributed by atoms with Crippen LogP contribution in [0.2, 0.25) is 0 Å². The van der Waals surface area contributed by atoms with Crippen LogP contribution in [0.25, 0.3) is 0 Å². The second-order valence-electron chi connectivity index (χ2n) is 2.60. The molecule has 1 heteroatoms. The molecule has 0 aliphatic heterocycles. The molecule has 1 aromatic heterocycles. The summed E-state index contributed by atoms with van der Waals surface area (Å²) in [6.07, 6.45) is 3.02. The molecule has 0 aliphatic rings. The van der Waals surface area contributed by atoms with Gasteiger partial charge in [-0.15, -0.1) is 0 Å². The van der Waals surface area contributed by atoms with E-state index in [1.807, 2.05) is 27.0 Å². The summed E-state index contributed by atoms with van der Waals surface area (Å²) >= 11 is 0. The quantitative estimate of drug-likeness (QED) is 0.622. The van der Waals surface area contributed by atoms with E-state index in [1.165, 1.54) is 11.1 Å². The maximum Gasteiger partial charge on any atom is 0.0401 e. The number of hydrogen-bond acceptors (Lipinski definition) is 1. The van der Waals surface area contributed by atoms with E-state index in [0.717, 1.165) is 12.1 Å². The summed E-state index contributed by atoms with van der Waals surface area (Å²) in [5.41, 5.74) is 3.75.